The summed E-state index contributed by atoms with van der Waals surface area (Å²) < 4.78 is 13.5. The average Bonchev–Trinajstić information content (AvgIpc) is 2.47. The van der Waals surface area contributed by atoms with Crippen LogP contribution in [0.5, 0.6) is 0 Å². The number of benzene rings is 2. The zero-order valence-corrected chi connectivity index (χ0v) is 11.6. The number of aryl methyl sites for hydroxylation is 1. The second-order valence-electron chi connectivity index (χ2n) is 4.47. The van der Waals surface area contributed by atoms with Crippen LogP contribution in [0, 0.1) is 24.6 Å². The summed E-state index contributed by atoms with van der Waals surface area (Å²) in [5.41, 5.74) is 7.72. The predicted octanol–water partition coefficient (Wildman–Crippen LogP) is 2.70. The van der Waals surface area contributed by atoms with E-state index < -0.39 is 11.7 Å². The molecule has 0 radical (unpaired) electrons. The average molecular weight is 282 g/mol. The van der Waals surface area contributed by atoms with Crippen LogP contribution in [0.2, 0.25) is 0 Å². The molecule has 4 heteroatoms. The molecule has 0 aliphatic rings. The molecule has 0 bridgehead atoms. The van der Waals surface area contributed by atoms with Gasteiger partial charge in [-0.25, -0.2) is 4.39 Å². The standard InChI is InChI=1S/C17H15FN2O/c1-12-11-14(9-8-13(12)5-4-10-19)20-17(21)15-6-2-3-7-16(15)18/h2-3,6-9,11H,10,19H2,1H3,(H,20,21). The van der Waals surface area contributed by atoms with E-state index in [9.17, 15) is 9.18 Å². The highest BCUT2D eigenvalue weighted by molar-refractivity contribution is 6.04. The molecule has 0 heterocycles. The second kappa shape index (κ2) is 6.69. The molecule has 0 aliphatic heterocycles. The Morgan fingerprint density at radius 3 is 2.71 bits per heavy atom. The first-order chi connectivity index (χ1) is 10.1. The Morgan fingerprint density at radius 2 is 2.05 bits per heavy atom. The van der Waals surface area contributed by atoms with Gasteiger partial charge in [-0.15, -0.1) is 0 Å². The van der Waals surface area contributed by atoms with E-state index in [0.29, 0.717) is 12.2 Å². The Kier molecular flexibility index (Phi) is 4.70. The van der Waals surface area contributed by atoms with Crippen molar-refractivity contribution in [3.63, 3.8) is 0 Å². The van der Waals surface area contributed by atoms with Gasteiger partial charge in [0.2, 0.25) is 0 Å². The van der Waals surface area contributed by atoms with Gasteiger partial charge < -0.3 is 11.1 Å². The van der Waals surface area contributed by atoms with Gasteiger partial charge in [0.25, 0.3) is 5.91 Å². The molecule has 0 aliphatic carbocycles. The molecule has 0 saturated heterocycles. The number of hydrogen-bond donors (Lipinski definition) is 2. The van der Waals surface area contributed by atoms with E-state index in [1.165, 1.54) is 12.1 Å². The Bertz CT molecular complexity index is 729. The van der Waals surface area contributed by atoms with E-state index in [2.05, 4.69) is 17.2 Å². The van der Waals surface area contributed by atoms with Crippen molar-refractivity contribution >= 4 is 11.6 Å². The van der Waals surface area contributed by atoms with E-state index in [-0.39, 0.29) is 5.56 Å². The normalized spacial score (nSPS) is 9.67. The van der Waals surface area contributed by atoms with Crippen molar-refractivity contribution in [2.75, 3.05) is 11.9 Å². The number of amides is 1. The highest BCUT2D eigenvalue weighted by atomic mass is 19.1. The minimum Gasteiger partial charge on any atom is -0.322 e. The molecule has 0 saturated carbocycles. The minimum absolute atomic E-state index is 0.0159. The number of hydrogen-bond acceptors (Lipinski definition) is 2. The van der Waals surface area contributed by atoms with Crippen LogP contribution in [0.25, 0.3) is 0 Å². The van der Waals surface area contributed by atoms with Gasteiger partial charge in [-0.1, -0.05) is 24.0 Å². The maximum absolute atomic E-state index is 13.5. The second-order valence-corrected chi connectivity index (χ2v) is 4.47. The summed E-state index contributed by atoms with van der Waals surface area (Å²) in [4.78, 5) is 12.0. The number of carbonyl (C=O) groups excluding carboxylic acids is 1. The summed E-state index contributed by atoms with van der Waals surface area (Å²) in [6.07, 6.45) is 0. The first-order valence-electron chi connectivity index (χ1n) is 6.47. The van der Waals surface area contributed by atoms with Crippen molar-refractivity contribution in [3.8, 4) is 11.8 Å². The molecule has 21 heavy (non-hydrogen) atoms. The fourth-order valence-corrected chi connectivity index (χ4v) is 1.87. The smallest absolute Gasteiger partial charge is 0.258 e. The van der Waals surface area contributed by atoms with Crippen LogP contribution in [0.4, 0.5) is 10.1 Å². The van der Waals surface area contributed by atoms with Gasteiger partial charge >= 0.3 is 0 Å². The van der Waals surface area contributed by atoms with Crippen LogP contribution in [-0.2, 0) is 0 Å². The summed E-state index contributed by atoms with van der Waals surface area (Å²) in [5, 5.41) is 2.67. The number of halogens is 1. The molecule has 0 fully saturated rings. The van der Waals surface area contributed by atoms with E-state index in [4.69, 9.17) is 5.73 Å². The van der Waals surface area contributed by atoms with Crippen LogP contribution in [-0.4, -0.2) is 12.5 Å². The summed E-state index contributed by atoms with van der Waals surface area (Å²) in [6.45, 7) is 2.19. The third-order valence-corrected chi connectivity index (χ3v) is 2.93. The fraction of sp³-hybridized carbons (Fsp3) is 0.118. The van der Waals surface area contributed by atoms with E-state index in [1.807, 2.05) is 6.92 Å². The lowest BCUT2D eigenvalue weighted by molar-refractivity contribution is 0.102. The van der Waals surface area contributed by atoms with Gasteiger partial charge in [0, 0.05) is 11.3 Å². The number of nitrogens with one attached hydrogen (secondary N) is 1. The van der Waals surface area contributed by atoms with Crippen LogP contribution < -0.4 is 11.1 Å². The third-order valence-electron chi connectivity index (χ3n) is 2.93. The molecule has 0 spiro atoms. The lowest BCUT2D eigenvalue weighted by Gasteiger charge is -2.08. The Hall–Kier alpha value is -2.64. The number of nitrogens with two attached hydrogens (primary N) is 1. The lowest BCUT2D eigenvalue weighted by Crippen LogP contribution is -2.13. The van der Waals surface area contributed by atoms with Gasteiger partial charge in [-0.05, 0) is 42.8 Å². The monoisotopic (exact) mass is 282 g/mol. The highest BCUT2D eigenvalue weighted by Gasteiger charge is 2.11. The van der Waals surface area contributed by atoms with Crippen molar-refractivity contribution in [2.45, 2.75) is 6.92 Å². The number of carbonyl (C=O) groups is 1. The Balaban J connectivity index is 2.19. The molecular formula is C17H15FN2O. The zero-order valence-electron chi connectivity index (χ0n) is 11.6. The summed E-state index contributed by atoms with van der Waals surface area (Å²) >= 11 is 0. The molecule has 2 rings (SSSR count). The molecule has 1 amide bonds. The number of rotatable bonds is 2. The lowest BCUT2D eigenvalue weighted by atomic mass is 10.1. The molecule has 0 atom stereocenters. The number of anilines is 1. The highest BCUT2D eigenvalue weighted by Crippen LogP contribution is 2.16. The molecular weight excluding hydrogens is 267 g/mol. The summed E-state index contributed by atoms with van der Waals surface area (Å²) in [6, 6.07) is 11.2. The van der Waals surface area contributed by atoms with Crippen molar-refractivity contribution < 1.29 is 9.18 Å². The Labute approximate surface area is 123 Å². The van der Waals surface area contributed by atoms with Crippen molar-refractivity contribution in [3.05, 3.63) is 65.0 Å². The minimum atomic E-state index is -0.544. The maximum atomic E-state index is 13.5. The zero-order chi connectivity index (χ0) is 15.2. The molecule has 3 N–H and O–H groups in total. The first-order valence-corrected chi connectivity index (χ1v) is 6.47. The van der Waals surface area contributed by atoms with Crippen LogP contribution in [0.1, 0.15) is 21.5 Å². The molecule has 106 valence electrons. The topological polar surface area (TPSA) is 55.1 Å². The third kappa shape index (κ3) is 3.68. The molecule has 2 aromatic carbocycles. The van der Waals surface area contributed by atoms with Crippen molar-refractivity contribution in [1.82, 2.24) is 0 Å². The van der Waals surface area contributed by atoms with Gasteiger partial charge in [0.1, 0.15) is 5.82 Å². The summed E-state index contributed by atoms with van der Waals surface area (Å²) in [5.74, 6) is 4.70. The first kappa shape index (κ1) is 14.8. The van der Waals surface area contributed by atoms with E-state index in [0.717, 1.165) is 11.1 Å². The van der Waals surface area contributed by atoms with Crippen LogP contribution in [0.3, 0.4) is 0 Å². The van der Waals surface area contributed by atoms with Crippen LogP contribution >= 0.6 is 0 Å². The summed E-state index contributed by atoms with van der Waals surface area (Å²) in [7, 11) is 0. The van der Waals surface area contributed by atoms with Gasteiger partial charge in [-0.2, -0.15) is 0 Å². The molecule has 3 nitrogen and oxygen atoms in total. The van der Waals surface area contributed by atoms with E-state index in [1.54, 1.807) is 30.3 Å². The fourth-order valence-electron chi connectivity index (χ4n) is 1.87. The predicted molar refractivity (Wildman–Crippen MR) is 81.5 cm³/mol. The molecule has 0 aromatic heterocycles. The molecule has 0 unspecified atom stereocenters. The van der Waals surface area contributed by atoms with E-state index >= 15 is 0 Å². The van der Waals surface area contributed by atoms with Crippen molar-refractivity contribution in [2.24, 2.45) is 5.73 Å². The van der Waals surface area contributed by atoms with Crippen molar-refractivity contribution in [1.29, 1.82) is 0 Å². The van der Waals surface area contributed by atoms with Gasteiger partial charge in [0.05, 0.1) is 12.1 Å². The Morgan fingerprint density at radius 1 is 1.29 bits per heavy atom. The van der Waals surface area contributed by atoms with Gasteiger partial charge in [0.15, 0.2) is 0 Å². The molecule has 2 aromatic rings. The largest absolute Gasteiger partial charge is 0.322 e. The quantitative estimate of drug-likeness (QED) is 0.832. The van der Waals surface area contributed by atoms with Crippen LogP contribution in [0.15, 0.2) is 42.5 Å². The SMILES string of the molecule is Cc1cc(NC(=O)c2ccccc2F)ccc1C#CCN. The van der Waals surface area contributed by atoms with Gasteiger partial charge in [-0.3, -0.25) is 4.79 Å². The maximum Gasteiger partial charge on any atom is 0.258 e.